The Bertz CT molecular complexity index is 998. The lowest BCUT2D eigenvalue weighted by Crippen LogP contribution is -2.20. The van der Waals surface area contributed by atoms with Crippen molar-refractivity contribution in [2.24, 2.45) is 0 Å². The van der Waals surface area contributed by atoms with Crippen LogP contribution in [0.25, 0.3) is 0 Å². The van der Waals surface area contributed by atoms with Gasteiger partial charge >= 0.3 is 0 Å². The van der Waals surface area contributed by atoms with Gasteiger partial charge in [-0.3, -0.25) is 0 Å². The quantitative estimate of drug-likeness (QED) is 0.338. The number of benzene rings is 4. The third-order valence-electron chi connectivity index (χ3n) is 5.34. The summed E-state index contributed by atoms with van der Waals surface area (Å²) in [6.45, 7) is 0. The second-order valence-corrected chi connectivity index (χ2v) is 12.6. The normalized spacial score (nSPS) is 11.5. The fraction of sp³-hybridized carbons (Fsp3) is 0.111. The van der Waals surface area contributed by atoms with Crippen LogP contribution in [0.3, 0.4) is 0 Å². The summed E-state index contributed by atoms with van der Waals surface area (Å²) in [7, 11) is -3.12. The minimum Gasteiger partial charge on any atom is -0.314 e. The molecule has 0 radical (unpaired) electrons. The summed E-state index contributed by atoms with van der Waals surface area (Å²) in [5.74, 6) is 0. The molecule has 150 valence electrons. The molecule has 1 nitrogen and oxygen atoms in total. The van der Waals surface area contributed by atoms with Gasteiger partial charge in [-0.1, -0.05) is 121 Å². The van der Waals surface area contributed by atoms with Gasteiger partial charge in [0.2, 0.25) is 0 Å². The van der Waals surface area contributed by atoms with E-state index in [1.807, 2.05) is 60.7 Å². The molecule has 0 aromatic heterocycles. The highest BCUT2D eigenvalue weighted by atomic mass is 31.2. The molecule has 0 N–H and O–H groups in total. The van der Waals surface area contributed by atoms with Crippen LogP contribution in [0.1, 0.15) is 6.42 Å². The second kappa shape index (κ2) is 10.0. The van der Waals surface area contributed by atoms with Crippen molar-refractivity contribution in [3.8, 4) is 0 Å². The molecule has 0 fully saturated rings. The van der Waals surface area contributed by atoms with Crippen molar-refractivity contribution in [2.75, 3.05) is 12.3 Å². The minimum absolute atomic E-state index is 0.463. The predicted octanol–water partition coefficient (Wildman–Crippen LogP) is 5.52. The van der Waals surface area contributed by atoms with Gasteiger partial charge in [-0.25, -0.2) is 0 Å². The van der Waals surface area contributed by atoms with E-state index in [0.29, 0.717) is 6.16 Å². The van der Waals surface area contributed by atoms with Crippen molar-refractivity contribution >= 4 is 36.3 Å². The van der Waals surface area contributed by atoms with Crippen LogP contribution in [0.5, 0.6) is 0 Å². The van der Waals surface area contributed by atoms with E-state index < -0.39 is 15.1 Å². The average molecular weight is 428 g/mol. The summed E-state index contributed by atoms with van der Waals surface area (Å²) >= 11 is 0. The molecule has 0 aliphatic heterocycles. The summed E-state index contributed by atoms with van der Waals surface area (Å²) in [6, 6.07) is 41.5. The van der Waals surface area contributed by atoms with E-state index in [2.05, 4.69) is 60.7 Å². The molecule has 4 rings (SSSR count). The van der Waals surface area contributed by atoms with E-state index in [1.54, 1.807) is 0 Å². The first kappa shape index (κ1) is 20.8. The van der Waals surface area contributed by atoms with Crippen LogP contribution in [0.15, 0.2) is 121 Å². The van der Waals surface area contributed by atoms with Crippen LogP contribution in [-0.4, -0.2) is 12.3 Å². The molecule has 0 spiro atoms. The standard InChI is InChI=1S/C27H26OP2/c28-30(26-18-9-3-10-19-26,27-20-11-4-12-21-27)23-13-22-29(24-14-5-1-6-15-24)25-16-7-2-8-17-25/h1-12,14-21H,13,22-23H2. The van der Waals surface area contributed by atoms with E-state index >= 15 is 0 Å². The summed E-state index contributed by atoms with van der Waals surface area (Å²) in [5, 5.41) is 4.68. The molecular formula is C27H26OP2. The molecule has 4 aromatic rings. The average Bonchev–Trinajstić information content (AvgIpc) is 2.84. The van der Waals surface area contributed by atoms with Crippen LogP contribution >= 0.6 is 15.1 Å². The van der Waals surface area contributed by atoms with Gasteiger partial charge in [-0.2, -0.15) is 0 Å². The maximum absolute atomic E-state index is 14.3. The third kappa shape index (κ3) is 4.81. The van der Waals surface area contributed by atoms with E-state index in [0.717, 1.165) is 23.2 Å². The zero-order chi connectivity index (χ0) is 20.7. The van der Waals surface area contributed by atoms with Gasteiger partial charge in [-0.05, 0) is 31.1 Å². The van der Waals surface area contributed by atoms with Crippen LogP contribution in [-0.2, 0) is 4.57 Å². The maximum Gasteiger partial charge on any atom is 0.143 e. The predicted molar refractivity (Wildman–Crippen MR) is 133 cm³/mol. The van der Waals surface area contributed by atoms with E-state index in [-0.39, 0.29) is 0 Å². The monoisotopic (exact) mass is 428 g/mol. The van der Waals surface area contributed by atoms with E-state index in [4.69, 9.17) is 0 Å². The molecule has 0 aliphatic carbocycles. The van der Waals surface area contributed by atoms with Gasteiger partial charge in [0.1, 0.15) is 7.14 Å². The molecule has 0 heterocycles. The first-order valence-corrected chi connectivity index (χ1v) is 13.8. The first-order valence-electron chi connectivity index (χ1n) is 10.4. The fourth-order valence-corrected chi connectivity index (χ4v) is 9.15. The van der Waals surface area contributed by atoms with Gasteiger partial charge in [0.15, 0.2) is 0 Å². The number of hydrogen-bond donors (Lipinski definition) is 0. The Morgan fingerprint density at radius 2 is 0.900 bits per heavy atom. The van der Waals surface area contributed by atoms with Gasteiger partial charge in [0, 0.05) is 16.8 Å². The zero-order valence-electron chi connectivity index (χ0n) is 17.0. The molecule has 30 heavy (non-hydrogen) atoms. The molecule has 0 bridgehead atoms. The molecule has 0 amide bonds. The third-order valence-corrected chi connectivity index (χ3v) is 11.2. The lowest BCUT2D eigenvalue weighted by molar-refractivity contribution is 0.586. The molecule has 4 aromatic carbocycles. The highest BCUT2D eigenvalue weighted by Crippen LogP contribution is 2.45. The smallest absolute Gasteiger partial charge is 0.143 e. The molecule has 0 saturated heterocycles. The fourth-order valence-electron chi connectivity index (χ4n) is 3.82. The first-order chi connectivity index (χ1) is 14.8. The van der Waals surface area contributed by atoms with E-state index in [9.17, 15) is 4.57 Å². The second-order valence-electron chi connectivity index (χ2n) is 7.31. The Morgan fingerprint density at radius 1 is 0.533 bits per heavy atom. The van der Waals surface area contributed by atoms with Crippen molar-refractivity contribution in [3.05, 3.63) is 121 Å². The molecule has 3 heteroatoms. The van der Waals surface area contributed by atoms with Crippen LogP contribution in [0, 0.1) is 0 Å². The summed E-state index contributed by atoms with van der Waals surface area (Å²) < 4.78 is 14.3. The minimum atomic E-state index is -2.65. The van der Waals surface area contributed by atoms with Crippen molar-refractivity contribution in [2.45, 2.75) is 6.42 Å². The Hall–Kier alpha value is -2.46. The SMILES string of the molecule is O=P(CCCP(c1ccccc1)c1ccccc1)(c1ccccc1)c1ccccc1. The highest BCUT2D eigenvalue weighted by Gasteiger charge is 2.27. The van der Waals surface area contributed by atoms with Gasteiger partial charge in [0.05, 0.1) is 0 Å². The summed E-state index contributed by atoms with van der Waals surface area (Å²) in [6.07, 6.45) is 2.66. The lowest BCUT2D eigenvalue weighted by atomic mass is 10.4. The van der Waals surface area contributed by atoms with Crippen molar-refractivity contribution in [1.82, 2.24) is 0 Å². The maximum atomic E-state index is 14.3. The Balaban J connectivity index is 1.60. The summed E-state index contributed by atoms with van der Waals surface area (Å²) in [5.41, 5.74) is 0. The molecule has 0 atom stereocenters. The van der Waals surface area contributed by atoms with Crippen molar-refractivity contribution in [1.29, 1.82) is 0 Å². The molecular weight excluding hydrogens is 402 g/mol. The van der Waals surface area contributed by atoms with Gasteiger partial charge in [-0.15, -0.1) is 0 Å². The largest absolute Gasteiger partial charge is 0.314 e. The van der Waals surface area contributed by atoms with Crippen LogP contribution < -0.4 is 21.2 Å². The Labute approximate surface area is 180 Å². The van der Waals surface area contributed by atoms with E-state index in [1.165, 1.54) is 10.6 Å². The zero-order valence-corrected chi connectivity index (χ0v) is 18.8. The highest BCUT2D eigenvalue weighted by molar-refractivity contribution is 7.78. The number of rotatable bonds is 8. The Kier molecular flexibility index (Phi) is 6.96. The van der Waals surface area contributed by atoms with Crippen molar-refractivity contribution < 1.29 is 4.57 Å². The van der Waals surface area contributed by atoms with Gasteiger partial charge in [0.25, 0.3) is 0 Å². The van der Waals surface area contributed by atoms with Crippen molar-refractivity contribution in [3.63, 3.8) is 0 Å². The number of hydrogen-bond acceptors (Lipinski definition) is 1. The molecule has 0 unspecified atom stereocenters. The lowest BCUT2D eigenvalue weighted by Gasteiger charge is -2.22. The van der Waals surface area contributed by atoms with Crippen LogP contribution in [0.4, 0.5) is 0 Å². The topological polar surface area (TPSA) is 17.1 Å². The van der Waals surface area contributed by atoms with Crippen LogP contribution in [0.2, 0.25) is 0 Å². The molecule has 0 aliphatic rings. The van der Waals surface area contributed by atoms with Gasteiger partial charge < -0.3 is 4.57 Å². The molecule has 0 saturated carbocycles. The summed E-state index contributed by atoms with van der Waals surface area (Å²) in [4.78, 5) is 0. The Morgan fingerprint density at radius 3 is 1.30 bits per heavy atom.